The Morgan fingerprint density at radius 2 is 1.51 bits per heavy atom. The van der Waals surface area contributed by atoms with Crippen molar-refractivity contribution in [3.8, 4) is 0 Å². The molecule has 0 radical (unpaired) electrons. The Hall–Kier alpha value is -3.85. The molecule has 0 spiro atoms. The Balaban J connectivity index is 1.58. The first-order valence-corrected chi connectivity index (χ1v) is 12.7. The van der Waals surface area contributed by atoms with E-state index < -0.39 is 16.0 Å². The minimum Gasteiger partial charge on any atom is -0.465 e. The van der Waals surface area contributed by atoms with Crippen LogP contribution in [0.5, 0.6) is 0 Å². The number of ether oxygens (including phenoxy) is 1. The molecule has 1 heterocycles. The van der Waals surface area contributed by atoms with Gasteiger partial charge >= 0.3 is 5.97 Å². The summed E-state index contributed by atoms with van der Waals surface area (Å²) in [6.07, 6.45) is 0. The number of nitrogens with one attached hydrogen (secondary N) is 1. The lowest BCUT2D eigenvalue weighted by molar-refractivity contribution is 0.0600. The smallest absolute Gasteiger partial charge is 0.337 e. The molecule has 1 N–H and O–H groups in total. The molecule has 0 aromatic heterocycles. The predicted octanol–water partition coefficient (Wildman–Crippen LogP) is 3.54. The van der Waals surface area contributed by atoms with Crippen LogP contribution in [0.3, 0.4) is 0 Å². The highest BCUT2D eigenvalue weighted by atomic mass is 32.2. The second-order valence-corrected chi connectivity index (χ2v) is 9.97. The average molecular weight is 494 g/mol. The fourth-order valence-corrected chi connectivity index (χ4v) is 5.04. The van der Waals surface area contributed by atoms with Gasteiger partial charge in [-0.3, -0.25) is 9.52 Å². The van der Waals surface area contributed by atoms with E-state index in [2.05, 4.69) is 4.72 Å². The molecule has 4 rings (SSSR count). The van der Waals surface area contributed by atoms with E-state index >= 15 is 0 Å². The zero-order chi connectivity index (χ0) is 25.0. The molecular weight excluding hydrogens is 466 g/mol. The number of anilines is 2. The number of nitrogens with zero attached hydrogens (tertiary/aromatic N) is 2. The van der Waals surface area contributed by atoms with E-state index in [-0.39, 0.29) is 22.1 Å². The molecule has 0 aliphatic carbocycles. The first kappa shape index (κ1) is 24.3. The number of rotatable bonds is 6. The molecule has 182 valence electrons. The molecule has 1 aliphatic heterocycles. The lowest BCUT2D eigenvalue weighted by Crippen LogP contribution is -2.49. The standard InChI is InChI=1S/C26H27N3O5S/c1-19-8-11-22(12-9-19)35(32,33)27-23-18-21(26(31)34-2)10-13-24(23)28-14-16-29(17-15-28)25(30)20-6-4-3-5-7-20/h3-13,18,27H,14-17H2,1-2H3. The van der Waals surface area contributed by atoms with Gasteiger partial charge < -0.3 is 14.5 Å². The lowest BCUT2D eigenvalue weighted by Gasteiger charge is -2.37. The van der Waals surface area contributed by atoms with Crippen LogP contribution < -0.4 is 9.62 Å². The predicted molar refractivity (Wildman–Crippen MR) is 134 cm³/mol. The molecule has 0 saturated carbocycles. The number of carbonyl (C=O) groups excluding carboxylic acids is 2. The van der Waals surface area contributed by atoms with Crippen molar-refractivity contribution in [1.29, 1.82) is 0 Å². The van der Waals surface area contributed by atoms with Crippen LogP contribution in [0.1, 0.15) is 26.3 Å². The van der Waals surface area contributed by atoms with Gasteiger partial charge in [-0.25, -0.2) is 13.2 Å². The summed E-state index contributed by atoms with van der Waals surface area (Å²) >= 11 is 0. The van der Waals surface area contributed by atoms with Crippen molar-refractivity contribution in [2.24, 2.45) is 0 Å². The van der Waals surface area contributed by atoms with Crippen LogP contribution in [0.2, 0.25) is 0 Å². The van der Waals surface area contributed by atoms with Crippen molar-refractivity contribution < 1.29 is 22.7 Å². The van der Waals surface area contributed by atoms with Crippen LogP contribution in [0, 0.1) is 6.92 Å². The third-order valence-corrected chi connectivity index (χ3v) is 7.30. The van der Waals surface area contributed by atoms with Crippen LogP contribution >= 0.6 is 0 Å². The number of hydrogen-bond acceptors (Lipinski definition) is 6. The molecule has 35 heavy (non-hydrogen) atoms. The molecule has 3 aromatic rings. The highest BCUT2D eigenvalue weighted by Crippen LogP contribution is 2.31. The van der Waals surface area contributed by atoms with Crippen LogP contribution in [-0.2, 0) is 14.8 Å². The van der Waals surface area contributed by atoms with Gasteiger partial charge in [0.1, 0.15) is 0 Å². The number of hydrogen-bond donors (Lipinski definition) is 1. The third kappa shape index (κ3) is 5.46. The van der Waals surface area contributed by atoms with Crippen molar-refractivity contribution in [1.82, 2.24) is 4.90 Å². The van der Waals surface area contributed by atoms with E-state index in [1.807, 2.05) is 30.0 Å². The van der Waals surface area contributed by atoms with Gasteiger partial charge in [-0.1, -0.05) is 35.9 Å². The van der Waals surface area contributed by atoms with Crippen LogP contribution in [-0.4, -0.2) is 58.5 Å². The van der Waals surface area contributed by atoms with Crippen LogP contribution in [0.4, 0.5) is 11.4 Å². The zero-order valence-electron chi connectivity index (χ0n) is 19.6. The number of esters is 1. The first-order valence-electron chi connectivity index (χ1n) is 11.2. The third-order valence-electron chi connectivity index (χ3n) is 5.92. The molecule has 3 aromatic carbocycles. The summed E-state index contributed by atoms with van der Waals surface area (Å²) in [5.74, 6) is -0.600. The van der Waals surface area contributed by atoms with E-state index in [4.69, 9.17) is 4.74 Å². The van der Waals surface area contributed by atoms with Gasteiger partial charge in [0.15, 0.2) is 0 Å². The van der Waals surface area contributed by atoms with Crippen molar-refractivity contribution in [2.45, 2.75) is 11.8 Å². The summed E-state index contributed by atoms with van der Waals surface area (Å²) in [5.41, 5.74) is 2.71. The van der Waals surface area contributed by atoms with Crippen LogP contribution in [0.25, 0.3) is 0 Å². The van der Waals surface area contributed by atoms with Crippen molar-refractivity contribution in [2.75, 3.05) is 42.9 Å². The van der Waals surface area contributed by atoms with Gasteiger partial charge in [0, 0.05) is 31.7 Å². The SMILES string of the molecule is COC(=O)c1ccc(N2CCN(C(=O)c3ccccc3)CC2)c(NS(=O)(=O)c2ccc(C)cc2)c1. The minimum atomic E-state index is -3.89. The molecule has 1 aliphatic rings. The molecule has 8 nitrogen and oxygen atoms in total. The lowest BCUT2D eigenvalue weighted by atomic mass is 10.1. The summed E-state index contributed by atoms with van der Waals surface area (Å²) in [7, 11) is -2.62. The Labute approximate surface area is 205 Å². The number of methoxy groups -OCH3 is 1. The second-order valence-electron chi connectivity index (χ2n) is 8.29. The molecule has 0 unspecified atom stereocenters. The number of sulfonamides is 1. The Morgan fingerprint density at radius 1 is 0.857 bits per heavy atom. The number of aryl methyl sites for hydroxylation is 1. The fraction of sp³-hybridized carbons (Fsp3) is 0.231. The summed E-state index contributed by atoms with van der Waals surface area (Å²) in [6.45, 7) is 3.86. The summed E-state index contributed by atoms with van der Waals surface area (Å²) in [4.78, 5) is 28.8. The average Bonchev–Trinajstić information content (AvgIpc) is 2.88. The Morgan fingerprint density at radius 3 is 2.14 bits per heavy atom. The second kappa shape index (κ2) is 10.2. The zero-order valence-corrected chi connectivity index (χ0v) is 20.4. The number of piperazine rings is 1. The number of amides is 1. The van der Waals surface area contributed by atoms with E-state index in [0.29, 0.717) is 37.4 Å². The topological polar surface area (TPSA) is 96.0 Å². The van der Waals surface area contributed by atoms with Gasteiger partial charge in [0.25, 0.3) is 15.9 Å². The van der Waals surface area contributed by atoms with Crippen LogP contribution in [0.15, 0.2) is 77.7 Å². The quantitative estimate of drug-likeness (QED) is 0.528. The van der Waals surface area contributed by atoms with Crippen molar-refractivity contribution in [3.05, 3.63) is 89.5 Å². The highest BCUT2D eigenvalue weighted by molar-refractivity contribution is 7.92. The van der Waals surface area contributed by atoms with E-state index in [1.165, 1.54) is 25.3 Å². The molecule has 1 amide bonds. The van der Waals surface area contributed by atoms with Gasteiger partial charge in [-0.05, 0) is 49.4 Å². The minimum absolute atomic E-state index is 0.0356. The maximum absolute atomic E-state index is 13.1. The Bertz CT molecular complexity index is 1320. The van der Waals surface area contributed by atoms with E-state index in [0.717, 1.165) is 5.56 Å². The highest BCUT2D eigenvalue weighted by Gasteiger charge is 2.25. The fourth-order valence-electron chi connectivity index (χ4n) is 3.97. The van der Waals surface area contributed by atoms with Crippen molar-refractivity contribution >= 4 is 33.3 Å². The first-order chi connectivity index (χ1) is 16.8. The largest absolute Gasteiger partial charge is 0.465 e. The molecule has 9 heteroatoms. The van der Waals surface area contributed by atoms with Gasteiger partial charge in [0.2, 0.25) is 0 Å². The monoisotopic (exact) mass is 493 g/mol. The van der Waals surface area contributed by atoms with Gasteiger partial charge in [-0.15, -0.1) is 0 Å². The maximum Gasteiger partial charge on any atom is 0.337 e. The molecule has 1 fully saturated rings. The summed E-state index contributed by atoms with van der Waals surface area (Å²) in [6, 6.07) is 20.4. The summed E-state index contributed by atoms with van der Waals surface area (Å²) < 4.78 is 33.7. The van der Waals surface area contributed by atoms with Gasteiger partial charge in [0.05, 0.1) is 28.9 Å². The number of benzene rings is 3. The maximum atomic E-state index is 13.1. The molecule has 1 saturated heterocycles. The number of carbonyl (C=O) groups is 2. The Kier molecular flexibility index (Phi) is 7.07. The molecular formula is C26H27N3O5S. The van der Waals surface area contributed by atoms with Gasteiger partial charge in [-0.2, -0.15) is 0 Å². The van der Waals surface area contributed by atoms with E-state index in [9.17, 15) is 18.0 Å². The molecule has 0 atom stereocenters. The molecule has 0 bridgehead atoms. The summed E-state index contributed by atoms with van der Waals surface area (Å²) in [5, 5.41) is 0. The normalized spacial score (nSPS) is 13.9. The van der Waals surface area contributed by atoms with E-state index in [1.54, 1.807) is 41.3 Å². The van der Waals surface area contributed by atoms with Crippen molar-refractivity contribution in [3.63, 3.8) is 0 Å².